The van der Waals surface area contributed by atoms with Gasteiger partial charge in [0, 0.05) is 50.5 Å². The fraction of sp³-hybridized carbons (Fsp3) is 0.423. The van der Waals surface area contributed by atoms with E-state index < -0.39 is 24.0 Å². The molecule has 35 heavy (non-hydrogen) atoms. The molecular weight excluding hydrogens is 452 g/mol. The van der Waals surface area contributed by atoms with E-state index in [0.717, 1.165) is 22.3 Å². The first-order valence-corrected chi connectivity index (χ1v) is 11.8. The third-order valence-electron chi connectivity index (χ3n) is 6.94. The Labute approximate surface area is 203 Å². The van der Waals surface area contributed by atoms with Crippen LogP contribution in [0.3, 0.4) is 0 Å². The van der Waals surface area contributed by atoms with E-state index in [9.17, 15) is 24.6 Å². The molecular formula is C26H30N2O7. The van der Waals surface area contributed by atoms with Gasteiger partial charge in [0.15, 0.2) is 0 Å². The second-order valence-corrected chi connectivity index (χ2v) is 9.08. The fourth-order valence-electron chi connectivity index (χ4n) is 5.06. The Hall–Kier alpha value is -3.43. The van der Waals surface area contributed by atoms with Gasteiger partial charge >= 0.3 is 12.1 Å². The van der Waals surface area contributed by atoms with E-state index >= 15 is 0 Å². The topological polar surface area (TPSA) is 136 Å². The summed E-state index contributed by atoms with van der Waals surface area (Å²) < 4.78 is 5.53. The summed E-state index contributed by atoms with van der Waals surface area (Å²) in [6, 6.07) is 14.8. The number of hydrogen-bond acceptors (Lipinski definition) is 6. The first-order chi connectivity index (χ1) is 16.9. The number of aliphatic carboxylic acids is 1. The molecule has 0 aromatic heterocycles. The molecule has 2 aromatic carbocycles. The largest absolute Gasteiger partial charge is 0.481 e. The van der Waals surface area contributed by atoms with E-state index in [4.69, 9.17) is 9.84 Å². The number of carboxylic acid groups (broad SMARTS) is 1. The van der Waals surface area contributed by atoms with Crippen molar-refractivity contribution >= 4 is 18.0 Å². The number of carboxylic acids is 1. The number of nitrogens with one attached hydrogen (secondary N) is 1. The van der Waals surface area contributed by atoms with Crippen LogP contribution in [0.1, 0.15) is 29.9 Å². The molecule has 1 unspecified atom stereocenters. The summed E-state index contributed by atoms with van der Waals surface area (Å²) in [5, 5.41) is 30.7. The highest BCUT2D eigenvalue weighted by Gasteiger charge is 2.37. The van der Waals surface area contributed by atoms with Crippen LogP contribution < -0.4 is 5.32 Å². The zero-order valence-corrected chi connectivity index (χ0v) is 19.3. The van der Waals surface area contributed by atoms with E-state index in [1.165, 1.54) is 4.90 Å². The van der Waals surface area contributed by atoms with Crippen molar-refractivity contribution in [3.8, 4) is 11.1 Å². The number of rotatable bonds is 9. The lowest BCUT2D eigenvalue weighted by atomic mass is 9.98. The number of aliphatic hydroxyl groups is 2. The number of aliphatic hydroxyl groups excluding tert-OH is 2. The molecule has 2 amide bonds. The van der Waals surface area contributed by atoms with Gasteiger partial charge in [0.05, 0.1) is 0 Å². The summed E-state index contributed by atoms with van der Waals surface area (Å²) in [5.41, 5.74) is 4.30. The number of nitrogens with zero attached hydrogens (tertiary/aromatic N) is 1. The molecule has 1 heterocycles. The minimum absolute atomic E-state index is 0.0720. The molecule has 1 saturated heterocycles. The van der Waals surface area contributed by atoms with Crippen molar-refractivity contribution in [3.05, 3.63) is 59.7 Å². The van der Waals surface area contributed by atoms with Crippen LogP contribution in [0.5, 0.6) is 0 Å². The number of amides is 2. The molecule has 4 rings (SSSR count). The van der Waals surface area contributed by atoms with Gasteiger partial charge in [-0.15, -0.1) is 0 Å². The van der Waals surface area contributed by atoms with E-state index in [2.05, 4.69) is 5.32 Å². The third kappa shape index (κ3) is 5.31. The molecule has 0 radical (unpaired) electrons. The smallest absolute Gasteiger partial charge is 0.407 e. The SMILES string of the molecule is O=C(O)CCC(NC(=O)OCC1c2ccccc2-c2ccccc21)C(=O)N1C[C@@H](CO)[C@@H](CO)C1. The van der Waals surface area contributed by atoms with Crippen LogP contribution in [0.25, 0.3) is 11.1 Å². The van der Waals surface area contributed by atoms with Gasteiger partial charge < -0.3 is 30.3 Å². The molecule has 9 heteroatoms. The second-order valence-electron chi connectivity index (χ2n) is 9.08. The number of benzene rings is 2. The van der Waals surface area contributed by atoms with Gasteiger partial charge in [-0.05, 0) is 28.7 Å². The Balaban J connectivity index is 1.42. The highest BCUT2D eigenvalue weighted by Crippen LogP contribution is 2.44. The Kier molecular flexibility index (Phi) is 7.67. The van der Waals surface area contributed by atoms with Crippen LogP contribution >= 0.6 is 0 Å². The van der Waals surface area contributed by atoms with E-state index in [0.29, 0.717) is 0 Å². The molecule has 186 valence electrons. The molecule has 0 spiro atoms. The normalized spacial score (nSPS) is 19.7. The molecule has 2 aliphatic rings. The summed E-state index contributed by atoms with van der Waals surface area (Å²) >= 11 is 0. The van der Waals surface area contributed by atoms with Crippen molar-refractivity contribution in [1.29, 1.82) is 0 Å². The van der Waals surface area contributed by atoms with Gasteiger partial charge in [0.1, 0.15) is 12.6 Å². The lowest BCUT2D eigenvalue weighted by Gasteiger charge is -2.24. The predicted molar refractivity (Wildman–Crippen MR) is 127 cm³/mol. The van der Waals surface area contributed by atoms with Crippen LogP contribution in [0.2, 0.25) is 0 Å². The van der Waals surface area contributed by atoms with Crippen LogP contribution in [-0.2, 0) is 14.3 Å². The average Bonchev–Trinajstić information content (AvgIpc) is 3.44. The Morgan fingerprint density at radius 3 is 2.00 bits per heavy atom. The summed E-state index contributed by atoms with van der Waals surface area (Å²) in [6.45, 7) is 0.193. The lowest BCUT2D eigenvalue weighted by molar-refractivity contribution is -0.137. The highest BCUT2D eigenvalue weighted by atomic mass is 16.5. The Morgan fingerprint density at radius 2 is 1.49 bits per heavy atom. The zero-order valence-electron chi connectivity index (χ0n) is 19.3. The second kappa shape index (κ2) is 10.9. The van der Waals surface area contributed by atoms with Crippen molar-refractivity contribution in [1.82, 2.24) is 10.2 Å². The number of likely N-dealkylation sites (tertiary alicyclic amines) is 1. The number of alkyl carbamates (subject to hydrolysis) is 1. The molecule has 1 fully saturated rings. The molecule has 2 aromatic rings. The third-order valence-corrected chi connectivity index (χ3v) is 6.94. The number of carbonyl (C=O) groups is 3. The van der Waals surface area contributed by atoms with Crippen LogP contribution in [0, 0.1) is 11.8 Å². The fourth-order valence-corrected chi connectivity index (χ4v) is 5.06. The van der Waals surface area contributed by atoms with Crippen molar-refractivity contribution in [2.75, 3.05) is 32.9 Å². The van der Waals surface area contributed by atoms with E-state index in [-0.39, 0.29) is 63.5 Å². The highest BCUT2D eigenvalue weighted by molar-refractivity contribution is 5.86. The molecule has 0 bridgehead atoms. The van der Waals surface area contributed by atoms with Crippen molar-refractivity contribution in [3.63, 3.8) is 0 Å². The number of fused-ring (bicyclic) bond motifs is 3. The molecule has 4 N–H and O–H groups in total. The summed E-state index contributed by atoms with van der Waals surface area (Å²) in [5.74, 6) is -2.21. The minimum Gasteiger partial charge on any atom is -0.481 e. The summed E-state index contributed by atoms with van der Waals surface area (Å²) in [6.07, 6.45) is -1.20. The van der Waals surface area contributed by atoms with Crippen molar-refractivity contribution < 1.29 is 34.4 Å². The molecule has 1 aliphatic carbocycles. The maximum atomic E-state index is 13.1. The van der Waals surface area contributed by atoms with Crippen LogP contribution in [0.4, 0.5) is 4.79 Å². The zero-order chi connectivity index (χ0) is 24.9. The Bertz CT molecular complexity index is 1030. The molecule has 9 nitrogen and oxygen atoms in total. The number of carbonyl (C=O) groups excluding carboxylic acids is 2. The average molecular weight is 483 g/mol. The van der Waals surface area contributed by atoms with E-state index in [1.807, 2.05) is 48.5 Å². The molecule has 0 saturated carbocycles. The van der Waals surface area contributed by atoms with Crippen molar-refractivity contribution in [2.45, 2.75) is 24.8 Å². The molecule has 1 aliphatic heterocycles. The predicted octanol–water partition coefficient (Wildman–Crippen LogP) is 1.82. The van der Waals surface area contributed by atoms with Gasteiger partial charge in [0.2, 0.25) is 5.91 Å². The summed E-state index contributed by atoms with van der Waals surface area (Å²) in [7, 11) is 0. The first-order valence-electron chi connectivity index (χ1n) is 11.8. The van der Waals surface area contributed by atoms with Crippen LogP contribution in [0.15, 0.2) is 48.5 Å². The van der Waals surface area contributed by atoms with Crippen LogP contribution in [-0.4, -0.2) is 77.1 Å². The van der Waals surface area contributed by atoms with Gasteiger partial charge in [-0.3, -0.25) is 9.59 Å². The van der Waals surface area contributed by atoms with Gasteiger partial charge in [-0.25, -0.2) is 4.79 Å². The first kappa shape index (κ1) is 24.7. The van der Waals surface area contributed by atoms with Crippen molar-refractivity contribution in [2.24, 2.45) is 11.8 Å². The standard InChI is InChI=1S/C26H30N2O7/c29-13-16-11-28(12-17(16)14-30)25(33)23(9-10-24(31)32)27-26(34)35-15-22-20-7-3-1-5-18(20)19-6-2-4-8-21(19)22/h1-8,16-17,22-23,29-30H,9-15H2,(H,27,34)(H,31,32)/t16-,17+,23?. The number of hydrogen-bond donors (Lipinski definition) is 4. The van der Waals surface area contributed by atoms with E-state index in [1.54, 1.807) is 0 Å². The maximum absolute atomic E-state index is 13.1. The lowest BCUT2D eigenvalue weighted by Crippen LogP contribution is -2.48. The van der Waals surface area contributed by atoms with Gasteiger partial charge in [-0.2, -0.15) is 0 Å². The Morgan fingerprint density at radius 1 is 0.943 bits per heavy atom. The quantitative estimate of drug-likeness (QED) is 0.428. The molecule has 3 atom stereocenters. The van der Waals surface area contributed by atoms with Gasteiger partial charge in [0.25, 0.3) is 0 Å². The maximum Gasteiger partial charge on any atom is 0.407 e. The minimum atomic E-state index is -1.08. The monoisotopic (exact) mass is 482 g/mol. The van der Waals surface area contributed by atoms with Gasteiger partial charge in [-0.1, -0.05) is 48.5 Å². The summed E-state index contributed by atoms with van der Waals surface area (Å²) in [4.78, 5) is 38.4. The number of ether oxygens (including phenoxy) is 1.